The predicted molar refractivity (Wildman–Crippen MR) is 111 cm³/mol. The number of carbonyl (C=O) groups is 1. The molecule has 5 nitrogen and oxygen atoms in total. The van der Waals surface area contributed by atoms with E-state index in [2.05, 4.69) is 5.32 Å². The number of anilines is 1. The van der Waals surface area contributed by atoms with Crippen LogP contribution < -0.4 is 10.1 Å². The van der Waals surface area contributed by atoms with Crippen molar-refractivity contribution in [2.75, 3.05) is 11.9 Å². The van der Waals surface area contributed by atoms with Crippen LogP contribution in [0.3, 0.4) is 0 Å². The van der Waals surface area contributed by atoms with Crippen molar-refractivity contribution in [2.24, 2.45) is 0 Å². The molecule has 0 radical (unpaired) electrons. The number of amides is 1. The molecule has 4 rings (SSSR count). The lowest BCUT2D eigenvalue weighted by atomic mass is 10.1. The predicted octanol–water partition coefficient (Wildman–Crippen LogP) is 4.98. The van der Waals surface area contributed by atoms with E-state index in [1.54, 1.807) is 6.07 Å². The number of ether oxygens (including phenoxy) is 1. The molecule has 28 heavy (non-hydrogen) atoms. The lowest BCUT2D eigenvalue weighted by Gasteiger charge is -2.09. The van der Waals surface area contributed by atoms with E-state index in [-0.39, 0.29) is 12.5 Å². The van der Waals surface area contributed by atoms with Gasteiger partial charge in [0.15, 0.2) is 6.61 Å². The number of hydrogen-bond acceptors (Lipinski definition) is 3. The molecule has 0 unspecified atom stereocenters. The molecule has 0 saturated heterocycles. The second-order valence-corrected chi connectivity index (χ2v) is 6.84. The fraction of sp³-hybridized carbons (Fsp3) is 0.0909. The summed E-state index contributed by atoms with van der Waals surface area (Å²) in [4.78, 5) is 17.2. The largest absolute Gasteiger partial charge is 0.484 e. The molecule has 0 bridgehead atoms. The van der Waals surface area contributed by atoms with Crippen molar-refractivity contribution >= 4 is 29.0 Å². The van der Waals surface area contributed by atoms with Gasteiger partial charge in [-0.3, -0.25) is 9.20 Å². The molecule has 4 aromatic rings. The highest BCUT2D eigenvalue weighted by molar-refractivity contribution is 6.30. The van der Waals surface area contributed by atoms with Gasteiger partial charge in [-0.25, -0.2) is 4.98 Å². The van der Waals surface area contributed by atoms with E-state index in [0.717, 1.165) is 16.8 Å². The highest BCUT2D eigenvalue weighted by Gasteiger charge is 2.17. The summed E-state index contributed by atoms with van der Waals surface area (Å²) in [5.74, 6) is 0.954. The Bertz CT molecular complexity index is 1140. The van der Waals surface area contributed by atoms with E-state index in [1.165, 1.54) is 0 Å². The van der Waals surface area contributed by atoms with Crippen LogP contribution in [0.2, 0.25) is 5.02 Å². The molecule has 0 saturated carbocycles. The molecule has 1 amide bonds. The van der Waals surface area contributed by atoms with Gasteiger partial charge in [0.05, 0.1) is 0 Å². The number of fused-ring (bicyclic) bond motifs is 1. The lowest BCUT2D eigenvalue weighted by Crippen LogP contribution is -2.21. The molecule has 0 aliphatic carbocycles. The zero-order chi connectivity index (χ0) is 19.5. The summed E-state index contributed by atoms with van der Waals surface area (Å²) in [5, 5.41) is 3.54. The Labute approximate surface area is 167 Å². The number of rotatable bonds is 5. The van der Waals surface area contributed by atoms with Crippen LogP contribution >= 0.6 is 11.6 Å². The van der Waals surface area contributed by atoms with Crippen molar-refractivity contribution in [3.05, 3.63) is 83.5 Å². The Hall–Kier alpha value is -3.31. The van der Waals surface area contributed by atoms with Crippen molar-refractivity contribution in [1.29, 1.82) is 0 Å². The van der Waals surface area contributed by atoms with Crippen molar-refractivity contribution < 1.29 is 9.53 Å². The highest BCUT2D eigenvalue weighted by Crippen LogP contribution is 2.30. The van der Waals surface area contributed by atoms with Gasteiger partial charge in [-0.1, -0.05) is 41.9 Å². The summed E-state index contributed by atoms with van der Waals surface area (Å²) in [5.41, 5.74) is 3.31. The molecule has 0 spiro atoms. The number of benzene rings is 2. The maximum absolute atomic E-state index is 12.5. The van der Waals surface area contributed by atoms with Gasteiger partial charge in [-0.05, 0) is 48.9 Å². The lowest BCUT2D eigenvalue weighted by molar-refractivity contribution is -0.118. The summed E-state index contributed by atoms with van der Waals surface area (Å²) in [6.45, 7) is 1.90. The van der Waals surface area contributed by atoms with Crippen LogP contribution in [-0.4, -0.2) is 21.9 Å². The van der Waals surface area contributed by atoms with Gasteiger partial charge in [0.2, 0.25) is 0 Å². The Morgan fingerprint density at radius 3 is 2.71 bits per heavy atom. The maximum Gasteiger partial charge on any atom is 0.263 e. The molecule has 0 aliphatic heterocycles. The number of pyridine rings is 1. The van der Waals surface area contributed by atoms with Crippen LogP contribution in [0.4, 0.5) is 5.82 Å². The molecule has 2 aromatic heterocycles. The number of imidazole rings is 1. The minimum absolute atomic E-state index is 0.0991. The summed E-state index contributed by atoms with van der Waals surface area (Å²) in [6, 6.07) is 20.6. The van der Waals surface area contributed by atoms with E-state index < -0.39 is 0 Å². The van der Waals surface area contributed by atoms with Gasteiger partial charge in [0, 0.05) is 16.8 Å². The van der Waals surface area contributed by atoms with Crippen molar-refractivity contribution in [1.82, 2.24) is 9.38 Å². The number of nitrogens with one attached hydrogen (secondary N) is 1. The Morgan fingerprint density at radius 1 is 1.11 bits per heavy atom. The number of nitrogens with zero attached hydrogens (tertiary/aromatic N) is 2. The highest BCUT2D eigenvalue weighted by atomic mass is 35.5. The van der Waals surface area contributed by atoms with Crippen molar-refractivity contribution in [3.8, 4) is 17.0 Å². The number of aryl methyl sites for hydroxylation is 1. The van der Waals surface area contributed by atoms with Gasteiger partial charge >= 0.3 is 0 Å². The van der Waals surface area contributed by atoms with E-state index in [1.807, 2.05) is 78.2 Å². The smallest absolute Gasteiger partial charge is 0.263 e. The quantitative estimate of drug-likeness (QED) is 0.522. The fourth-order valence-electron chi connectivity index (χ4n) is 2.94. The first-order valence-corrected chi connectivity index (χ1v) is 9.20. The molecule has 0 aliphatic rings. The third-order valence-electron chi connectivity index (χ3n) is 4.25. The normalized spacial score (nSPS) is 10.8. The summed E-state index contributed by atoms with van der Waals surface area (Å²) < 4.78 is 7.40. The SMILES string of the molecule is Cc1ccn2c(NC(=O)COc3ccccc3)c(-c3cccc(Cl)c3)nc2c1. The Kier molecular flexibility index (Phi) is 5.00. The molecule has 2 aromatic carbocycles. The molecule has 6 heteroatoms. The molecule has 0 fully saturated rings. The average Bonchev–Trinajstić information content (AvgIpc) is 3.04. The van der Waals surface area contributed by atoms with Crippen molar-refractivity contribution in [3.63, 3.8) is 0 Å². The topological polar surface area (TPSA) is 55.6 Å². The number of aromatic nitrogens is 2. The van der Waals surface area contributed by atoms with Crippen molar-refractivity contribution in [2.45, 2.75) is 6.92 Å². The number of carbonyl (C=O) groups excluding carboxylic acids is 1. The van der Waals surface area contributed by atoms with Crippen LogP contribution in [0.5, 0.6) is 5.75 Å². The second kappa shape index (κ2) is 7.74. The third kappa shape index (κ3) is 3.85. The first-order chi connectivity index (χ1) is 13.6. The standard InChI is InChI=1S/C22H18ClN3O2/c1-15-10-11-26-19(12-15)24-21(16-6-5-7-17(23)13-16)22(26)25-20(27)14-28-18-8-3-2-4-9-18/h2-13H,14H2,1H3,(H,25,27). The van der Waals surface area contributed by atoms with Crippen LogP contribution in [-0.2, 0) is 4.79 Å². The van der Waals surface area contributed by atoms with Gasteiger partial charge in [0.1, 0.15) is 22.9 Å². The second-order valence-electron chi connectivity index (χ2n) is 6.40. The summed E-state index contributed by atoms with van der Waals surface area (Å²) in [6.07, 6.45) is 1.89. The number of hydrogen-bond donors (Lipinski definition) is 1. The summed E-state index contributed by atoms with van der Waals surface area (Å²) in [7, 11) is 0. The average molecular weight is 392 g/mol. The zero-order valence-corrected chi connectivity index (χ0v) is 16.0. The number of para-hydroxylation sites is 1. The first-order valence-electron chi connectivity index (χ1n) is 8.82. The fourth-order valence-corrected chi connectivity index (χ4v) is 3.13. The molecular weight excluding hydrogens is 374 g/mol. The molecular formula is C22H18ClN3O2. The van der Waals surface area contributed by atoms with E-state index >= 15 is 0 Å². The Morgan fingerprint density at radius 2 is 1.93 bits per heavy atom. The summed E-state index contributed by atoms with van der Waals surface area (Å²) >= 11 is 6.15. The van der Waals surface area contributed by atoms with Gasteiger partial charge in [-0.2, -0.15) is 0 Å². The third-order valence-corrected chi connectivity index (χ3v) is 4.49. The van der Waals surface area contributed by atoms with Gasteiger partial charge in [-0.15, -0.1) is 0 Å². The molecule has 1 N–H and O–H groups in total. The zero-order valence-electron chi connectivity index (χ0n) is 15.2. The molecule has 2 heterocycles. The minimum Gasteiger partial charge on any atom is -0.484 e. The van der Waals surface area contributed by atoms with E-state index in [9.17, 15) is 4.79 Å². The van der Waals surface area contributed by atoms with E-state index in [4.69, 9.17) is 21.3 Å². The van der Waals surface area contributed by atoms with E-state index in [0.29, 0.717) is 22.3 Å². The van der Waals surface area contributed by atoms with Crippen LogP contribution in [0, 0.1) is 6.92 Å². The maximum atomic E-state index is 12.5. The Balaban J connectivity index is 1.66. The monoisotopic (exact) mass is 391 g/mol. The van der Waals surface area contributed by atoms with Gasteiger partial charge < -0.3 is 10.1 Å². The van der Waals surface area contributed by atoms with Gasteiger partial charge in [0.25, 0.3) is 5.91 Å². The number of halogens is 1. The minimum atomic E-state index is -0.269. The first kappa shape index (κ1) is 18.1. The van der Waals surface area contributed by atoms with Crippen LogP contribution in [0.1, 0.15) is 5.56 Å². The van der Waals surface area contributed by atoms with Crippen LogP contribution in [0.25, 0.3) is 16.9 Å². The molecule has 140 valence electrons. The van der Waals surface area contributed by atoms with Crippen LogP contribution in [0.15, 0.2) is 72.9 Å². The molecule has 0 atom stereocenters.